The number of methoxy groups -OCH3 is 1. The number of ether oxygens (including phenoxy) is 1. The van der Waals surface area contributed by atoms with E-state index in [-0.39, 0.29) is 5.56 Å². The molecule has 2 aromatic carbocycles. The molecule has 150 valence electrons. The van der Waals surface area contributed by atoms with Crippen molar-refractivity contribution in [3.63, 3.8) is 0 Å². The third-order valence-electron chi connectivity index (χ3n) is 5.06. The van der Waals surface area contributed by atoms with Gasteiger partial charge in [0.05, 0.1) is 17.4 Å². The average molecular weight is 464 g/mol. The van der Waals surface area contributed by atoms with Gasteiger partial charge >= 0.3 is 0 Å². The van der Waals surface area contributed by atoms with Crippen molar-refractivity contribution in [2.24, 2.45) is 0 Å². The molecule has 3 heterocycles. The number of nitrogens with zero attached hydrogens (tertiary/aromatic N) is 5. The standard InChI is InChI=1S/C22H18BrN5O2/c1-30-12-4-11-27-13-24-20-18(22(27)29)19-21(26-17-6-3-2-5-16(17)25-19)28(20)15-9-7-14(23)8-10-15/h2-3,5-10,13H,4,11-12H2,1H3. The van der Waals surface area contributed by atoms with Crippen LogP contribution in [0.15, 0.2) is 64.1 Å². The van der Waals surface area contributed by atoms with E-state index in [1.807, 2.05) is 53.1 Å². The number of aromatic nitrogens is 5. The summed E-state index contributed by atoms with van der Waals surface area (Å²) in [5.74, 6) is 0. The number of aryl methyl sites for hydroxylation is 1. The minimum absolute atomic E-state index is 0.124. The smallest absolute Gasteiger partial charge is 0.265 e. The molecule has 0 fully saturated rings. The van der Waals surface area contributed by atoms with Crippen LogP contribution in [0.25, 0.3) is 38.9 Å². The molecule has 0 saturated heterocycles. The fourth-order valence-corrected chi connectivity index (χ4v) is 3.91. The van der Waals surface area contributed by atoms with Gasteiger partial charge in [-0.1, -0.05) is 28.1 Å². The summed E-state index contributed by atoms with van der Waals surface area (Å²) in [6.45, 7) is 1.11. The van der Waals surface area contributed by atoms with Gasteiger partial charge < -0.3 is 4.74 Å². The molecule has 7 nitrogen and oxygen atoms in total. The highest BCUT2D eigenvalue weighted by Crippen LogP contribution is 2.28. The minimum atomic E-state index is -0.124. The molecule has 0 unspecified atom stereocenters. The molecule has 0 radical (unpaired) electrons. The molecular weight excluding hydrogens is 446 g/mol. The van der Waals surface area contributed by atoms with Gasteiger partial charge in [0.15, 0.2) is 11.3 Å². The molecular formula is C22H18BrN5O2. The first-order valence-electron chi connectivity index (χ1n) is 9.58. The quantitative estimate of drug-likeness (QED) is 0.367. The Morgan fingerprint density at radius 3 is 2.47 bits per heavy atom. The highest BCUT2D eigenvalue weighted by molar-refractivity contribution is 9.10. The van der Waals surface area contributed by atoms with Crippen molar-refractivity contribution in [2.45, 2.75) is 13.0 Å². The summed E-state index contributed by atoms with van der Waals surface area (Å²) in [5, 5.41) is 0.478. The largest absolute Gasteiger partial charge is 0.385 e. The molecule has 0 amide bonds. The molecule has 0 atom stereocenters. The Balaban J connectivity index is 1.86. The Morgan fingerprint density at radius 1 is 1.00 bits per heavy atom. The SMILES string of the molecule is COCCCn1cnc2c(c1=O)c1nc3ccccc3nc1n2-c1ccc(Br)cc1. The van der Waals surface area contributed by atoms with Gasteiger partial charge in [-0.3, -0.25) is 13.9 Å². The van der Waals surface area contributed by atoms with Gasteiger partial charge in [0.25, 0.3) is 5.56 Å². The minimum Gasteiger partial charge on any atom is -0.385 e. The highest BCUT2D eigenvalue weighted by atomic mass is 79.9. The predicted octanol–water partition coefficient (Wildman–Crippen LogP) is 4.08. The summed E-state index contributed by atoms with van der Waals surface area (Å²) in [7, 11) is 1.65. The van der Waals surface area contributed by atoms with Crippen molar-refractivity contribution >= 4 is 49.2 Å². The van der Waals surface area contributed by atoms with Crippen LogP contribution in [0.5, 0.6) is 0 Å². The molecule has 0 aliphatic rings. The molecule has 3 aromatic heterocycles. The summed E-state index contributed by atoms with van der Waals surface area (Å²) in [6, 6.07) is 15.5. The third kappa shape index (κ3) is 3.09. The molecule has 0 aliphatic carbocycles. The van der Waals surface area contributed by atoms with E-state index in [0.29, 0.717) is 35.3 Å². The zero-order valence-corrected chi connectivity index (χ0v) is 17.8. The van der Waals surface area contributed by atoms with Crippen molar-refractivity contribution in [1.82, 2.24) is 24.1 Å². The maximum Gasteiger partial charge on any atom is 0.265 e. The Morgan fingerprint density at radius 2 is 1.73 bits per heavy atom. The van der Waals surface area contributed by atoms with E-state index < -0.39 is 0 Å². The van der Waals surface area contributed by atoms with Gasteiger partial charge in [0.2, 0.25) is 0 Å². The van der Waals surface area contributed by atoms with Crippen molar-refractivity contribution < 1.29 is 4.74 Å². The third-order valence-corrected chi connectivity index (χ3v) is 5.59. The Kier molecular flexibility index (Phi) is 4.80. The van der Waals surface area contributed by atoms with Crippen LogP contribution in [0.3, 0.4) is 0 Å². The van der Waals surface area contributed by atoms with Crippen LogP contribution in [0.4, 0.5) is 0 Å². The number of hydrogen-bond acceptors (Lipinski definition) is 5. The second-order valence-electron chi connectivity index (χ2n) is 6.98. The summed E-state index contributed by atoms with van der Waals surface area (Å²) in [6.07, 6.45) is 2.32. The first-order valence-corrected chi connectivity index (χ1v) is 10.4. The molecule has 0 bridgehead atoms. The Labute approximate surface area is 180 Å². The second kappa shape index (κ2) is 7.62. The zero-order valence-electron chi connectivity index (χ0n) is 16.2. The predicted molar refractivity (Wildman–Crippen MR) is 120 cm³/mol. The first kappa shape index (κ1) is 18.9. The van der Waals surface area contributed by atoms with E-state index in [1.165, 1.54) is 0 Å². The molecule has 0 N–H and O–H groups in total. The lowest BCUT2D eigenvalue weighted by atomic mass is 10.3. The van der Waals surface area contributed by atoms with Crippen molar-refractivity contribution in [3.8, 4) is 5.69 Å². The number of rotatable bonds is 5. The second-order valence-corrected chi connectivity index (χ2v) is 7.90. The number of fused-ring (bicyclic) bond motifs is 4. The van der Waals surface area contributed by atoms with Crippen LogP contribution in [0, 0.1) is 0 Å². The fourth-order valence-electron chi connectivity index (χ4n) is 3.65. The molecule has 5 aromatic rings. The monoisotopic (exact) mass is 463 g/mol. The number of halogens is 1. The van der Waals surface area contributed by atoms with Crippen molar-refractivity contribution in [3.05, 3.63) is 69.7 Å². The number of hydrogen-bond donors (Lipinski definition) is 0. The maximum atomic E-state index is 13.4. The van der Waals surface area contributed by atoms with Crippen LogP contribution >= 0.6 is 15.9 Å². The Bertz CT molecular complexity index is 1440. The molecule has 0 aliphatic heterocycles. The van der Waals surface area contributed by atoms with Gasteiger partial charge in [-0.15, -0.1) is 0 Å². The van der Waals surface area contributed by atoms with Crippen LogP contribution in [-0.2, 0) is 11.3 Å². The van der Waals surface area contributed by atoms with Gasteiger partial charge in [0, 0.05) is 30.4 Å². The van der Waals surface area contributed by atoms with Crippen LogP contribution in [0.1, 0.15) is 6.42 Å². The molecule has 0 spiro atoms. The summed E-state index contributed by atoms with van der Waals surface area (Å²) < 4.78 is 9.60. The van der Waals surface area contributed by atoms with E-state index in [2.05, 4.69) is 20.9 Å². The van der Waals surface area contributed by atoms with E-state index >= 15 is 0 Å². The van der Waals surface area contributed by atoms with E-state index in [0.717, 1.165) is 27.6 Å². The van der Waals surface area contributed by atoms with Crippen molar-refractivity contribution in [1.29, 1.82) is 0 Å². The summed E-state index contributed by atoms with van der Waals surface area (Å²) >= 11 is 3.48. The Hall–Kier alpha value is -3.10. The van der Waals surface area contributed by atoms with Gasteiger partial charge in [0.1, 0.15) is 10.9 Å². The number of benzene rings is 2. The molecule has 0 saturated carbocycles. The fraction of sp³-hybridized carbons (Fsp3) is 0.182. The lowest BCUT2D eigenvalue weighted by Gasteiger charge is -2.08. The summed E-state index contributed by atoms with van der Waals surface area (Å²) in [5.41, 5.74) is 3.99. The van der Waals surface area contributed by atoms with Crippen LogP contribution < -0.4 is 5.56 Å². The average Bonchev–Trinajstić information content (AvgIpc) is 3.08. The van der Waals surface area contributed by atoms with Gasteiger partial charge in [-0.05, 0) is 42.8 Å². The van der Waals surface area contributed by atoms with E-state index in [1.54, 1.807) is 18.0 Å². The molecule has 8 heteroatoms. The topological polar surface area (TPSA) is 74.8 Å². The highest BCUT2D eigenvalue weighted by Gasteiger charge is 2.20. The lowest BCUT2D eigenvalue weighted by Crippen LogP contribution is -2.21. The lowest BCUT2D eigenvalue weighted by molar-refractivity contribution is 0.190. The van der Waals surface area contributed by atoms with E-state index in [4.69, 9.17) is 14.7 Å². The van der Waals surface area contributed by atoms with Crippen LogP contribution in [0.2, 0.25) is 0 Å². The van der Waals surface area contributed by atoms with Crippen LogP contribution in [-0.4, -0.2) is 37.8 Å². The maximum absolute atomic E-state index is 13.4. The van der Waals surface area contributed by atoms with Gasteiger partial charge in [-0.2, -0.15) is 0 Å². The summed E-state index contributed by atoms with van der Waals surface area (Å²) in [4.78, 5) is 27.6. The first-order chi connectivity index (χ1) is 14.7. The van der Waals surface area contributed by atoms with Crippen molar-refractivity contribution in [2.75, 3.05) is 13.7 Å². The van der Waals surface area contributed by atoms with Gasteiger partial charge in [-0.25, -0.2) is 15.0 Å². The molecule has 30 heavy (non-hydrogen) atoms. The molecule has 5 rings (SSSR count). The normalized spacial score (nSPS) is 11.7. The van der Waals surface area contributed by atoms with E-state index in [9.17, 15) is 4.79 Å². The zero-order chi connectivity index (χ0) is 20.7. The number of para-hydroxylation sites is 2.